The quantitative estimate of drug-likeness (QED) is 0.799. The minimum Gasteiger partial charge on any atom is -0.471 e. The first kappa shape index (κ1) is 14.3. The predicted octanol–water partition coefficient (Wildman–Crippen LogP) is 2.71. The van der Waals surface area contributed by atoms with Crippen molar-refractivity contribution in [2.24, 2.45) is 0 Å². The number of ether oxygens (including phenoxy) is 1. The van der Waals surface area contributed by atoms with E-state index >= 15 is 0 Å². The third-order valence-corrected chi connectivity index (χ3v) is 3.58. The van der Waals surface area contributed by atoms with Crippen molar-refractivity contribution in [1.29, 1.82) is 0 Å². The van der Waals surface area contributed by atoms with Crippen LogP contribution in [0.15, 0.2) is 42.6 Å². The number of anilines is 1. The molecule has 3 rings (SSSR count). The number of carbonyl (C=O) groups is 2. The second kappa shape index (κ2) is 5.60. The summed E-state index contributed by atoms with van der Waals surface area (Å²) in [7, 11) is 0. The highest BCUT2D eigenvalue weighted by molar-refractivity contribution is 6.07. The van der Waals surface area contributed by atoms with Crippen LogP contribution < -0.4 is 9.64 Å². The van der Waals surface area contributed by atoms with E-state index in [1.54, 1.807) is 41.4 Å². The average molecular weight is 296 g/mol. The molecular weight excluding hydrogens is 280 g/mol. The number of amides is 1. The number of fused-ring (bicyclic) bond motifs is 1. The van der Waals surface area contributed by atoms with Crippen molar-refractivity contribution in [3.8, 4) is 5.88 Å². The van der Waals surface area contributed by atoms with Crippen molar-refractivity contribution < 1.29 is 14.3 Å². The molecule has 1 aromatic carbocycles. The molecule has 1 aliphatic rings. The normalized spacial score (nSPS) is 16.6. The van der Waals surface area contributed by atoms with E-state index in [2.05, 4.69) is 4.98 Å². The molecule has 5 heteroatoms. The van der Waals surface area contributed by atoms with Crippen molar-refractivity contribution in [3.05, 3.63) is 53.7 Å². The van der Waals surface area contributed by atoms with Crippen molar-refractivity contribution in [1.82, 2.24) is 4.98 Å². The fraction of sp³-hybridized carbons (Fsp3) is 0.235. The maximum absolute atomic E-state index is 12.7. The van der Waals surface area contributed by atoms with Gasteiger partial charge >= 0.3 is 0 Å². The molecule has 0 saturated heterocycles. The Balaban J connectivity index is 1.93. The van der Waals surface area contributed by atoms with Crippen LogP contribution in [0.1, 0.15) is 34.6 Å². The summed E-state index contributed by atoms with van der Waals surface area (Å²) >= 11 is 0. The predicted molar refractivity (Wildman–Crippen MR) is 82.5 cm³/mol. The van der Waals surface area contributed by atoms with E-state index < -0.39 is 0 Å². The number of aromatic nitrogens is 1. The Bertz CT molecular complexity index is 725. The van der Waals surface area contributed by atoms with Gasteiger partial charge in [-0.2, -0.15) is 0 Å². The zero-order valence-electron chi connectivity index (χ0n) is 12.4. The summed E-state index contributed by atoms with van der Waals surface area (Å²) in [5.41, 5.74) is 1.80. The SMILES string of the molecule is CC(=O)c1ccc(C(=O)N2C[C@@H](C)Oc3ncccc32)cc1. The first-order chi connectivity index (χ1) is 10.6. The van der Waals surface area contributed by atoms with Crippen LogP contribution in [0.5, 0.6) is 5.88 Å². The van der Waals surface area contributed by atoms with E-state index in [0.717, 1.165) is 0 Å². The molecule has 5 nitrogen and oxygen atoms in total. The number of nitrogens with zero attached hydrogens (tertiary/aromatic N) is 2. The summed E-state index contributed by atoms with van der Waals surface area (Å²) in [6.45, 7) is 3.87. The van der Waals surface area contributed by atoms with Crippen molar-refractivity contribution in [2.75, 3.05) is 11.4 Å². The third kappa shape index (κ3) is 2.57. The molecule has 0 N–H and O–H groups in total. The summed E-state index contributed by atoms with van der Waals surface area (Å²) in [6, 6.07) is 10.3. The van der Waals surface area contributed by atoms with E-state index in [1.807, 2.05) is 13.0 Å². The van der Waals surface area contributed by atoms with Crippen molar-refractivity contribution in [2.45, 2.75) is 20.0 Å². The van der Waals surface area contributed by atoms with Gasteiger partial charge in [-0.3, -0.25) is 14.5 Å². The Morgan fingerprint density at radius 2 is 1.86 bits per heavy atom. The van der Waals surface area contributed by atoms with Crippen LogP contribution >= 0.6 is 0 Å². The fourth-order valence-electron chi connectivity index (χ4n) is 2.46. The average Bonchev–Trinajstić information content (AvgIpc) is 2.53. The Labute approximate surface area is 128 Å². The number of carbonyl (C=O) groups excluding carboxylic acids is 2. The zero-order valence-corrected chi connectivity index (χ0v) is 12.4. The second-order valence-corrected chi connectivity index (χ2v) is 5.31. The molecular formula is C17H16N2O3. The van der Waals surface area contributed by atoms with Gasteiger partial charge in [-0.05, 0) is 38.1 Å². The standard InChI is InChI=1S/C17H16N2O3/c1-11-10-19(15-4-3-9-18-16(15)22-11)17(21)14-7-5-13(6-8-14)12(2)20/h3-9,11H,10H2,1-2H3/t11-/m1/s1. The van der Waals surface area contributed by atoms with Crippen LogP contribution in [0.3, 0.4) is 0 Å². The minimum absolute atomic E-state index is 0.0199. The highest BCUT2D eigenvalue weighted by Crippen LogP contribution is 2.31. The van der Waals surface area contributed by atoms with E-state index in [9.17, 15) is 9.59 Å². The molecule has 0 unspecified atom stereocenters. The molecule has 2 heterocycles. The zero-order chi connectivity index (χ0) is 15.7. The number of rotatable bonds is 2. The molecule has 0 fully saturated rings. The van der Waals surface area contributed by atoms with Crippen LogP contribution in [0.2, 0.25) is 0 Å². The lowest BCUT2D eigenvalue weighted by Crippen LogP contribution is -2.42. The van der Waals surface area contributed by atoms with E-state index in [4.69, 9.17) is 4.74 Å². The second-order valence-electron chi connectivity index (χ2n) is 5.31. The number of ketones is 1. The summed E-state index contributed by atoms with van der Waals surface area (Å²) in [6.07, 6.45) is 1.52. The molecule has 0 radical (unpaired) electrons. The fourth-order valence-corrected chi connectivity index (χ4v) is 2.46. The molecule has 1 amide bonds. The first-order valence-corrected chi connectivity index (χ1v) is 7.11. The topological polar surface area (TPSA) is 59.5 Å². The number of pyridine rings is 1. The van der Waals surface area contributed by atoms with Gasteiger partial charge in [-0.25, -0.2) is 4.98 Å². The van der Waals surface area contributed by atoms with Gasteiger partial charge in [0.1, 0.15) is 11.8 Å². The minimum atomic E-state index is -0.125. The first-order valence-electron chi connectivity index (χ1n) is 7.11. The lowest BCUT2D eigenvalue weighted by Gasteiger charge is -2.32. The third-order valence-electron chi connectivity index (χ3n) is 3.58. The summed E-state index contributed by atoms with van der Waals surface area (Å²) < 4.78 is 5.65. The molecule has 1 aromatic heterocycles. The Morgan fingerprint density at radius 3 is 2.55 bits per heavy atom. The van der Waals surface area contributed by atoms with Gasteiger partial charge in [0.25, 0.3) is 5.91 Å². The molecule has 1 atom stereocenters. The number of benzene rings is 1. The van der Waals surface area contributed by atoms with E-state index in [1.165, 1.54) is 6.92 Å². The number of Topliss-reactive ketones (excluding diaryl/α,β-unsaturated/α-hetero) is 1. The molecule has 0 bridgehead atoms. The Hall–Kier alpha value is -2.69. The van der Waals surface area contributed by atoms with Gasteiger partial charge in [0.05, 0.1) is 6.54 Å². The maximum atomic E-state index is 12.7. The highest BCUT2D eigenvalue weighted by atomic mass is 16.5. The molecule has 112 valence electrons. The van der Waals surface area contributed by atoms with Crippen LogP contribution in [0.4, 0.5) is 5.69 Å². The lowest BCUT2D eigenvalue weighted by atomic mass is 10.1. The van der Waals surface area contributed by atoms with Gasteiger partial charge in [0.15, 0.2) is 5.78 Å². The van der Waals surface area contributed by atoms with Crippen molar-refractivity contribution in [3.63, 3.8) is 0 Å². The molecule has 0 aliphatic carbocycles. The molecule has 0 spiro atoms. The van der Waals surface area contributed by atoms with Crippen LogP contribution in [0.25, 0.3) is 0 Å². The van der Waals surface area contributed by atoms with Crippen molar-refractivity contribution >= 4 is 17.4 Å². The smallest absolute Gasteiger partial charge is 0.258 e. The van der Waals surface area contributed by atoms with Crippen LogP contribution in [-0.4, -0.2) is 29.3 Å². The van der Waals surface area contributed by atoms with Crippen LogP contribution in [-0.2, 0) is 0 Å². The van der Waals surface area contributed by atoms with Gasteiger partial charge < -0.3 is 4.74 Å². The Kier molecular flexibility index (Phi) is 3.63. The Morgan fingerprint density at radius 1 is 1.18 bits per heavy atom. The summed E-state index contributed by atoms with van der Waals surface area (Å²) in [5, 5.41) is 0. The highest BCUT2D eigenvalue weighted by Gasteiger charge is 2.29. The van der Waals surface area contributed by atoms with Gasteiger partial charge in [0.2, 0.25) is 5.88 Å². The van der Waals surface area contributed by atoms with Gasteiger partial charge in [-0.15, -0.1) is 0 Å². The largest absolute Gasteiger partial charge is 0.471 e. The molecule has 0 saturated carbocycles. The lowest BCUT2D eigenvalue weighted by molar-refractivity contribution is 0.0956. The van der Waals surface area contributed by atoms with Gasteiger partial charge in [0, 0.05) is 17.3 Å². The summed E-state index contributed by atoms with van der Waals surface area (Å²) in [5.74, 6) is 0.322. The van der Waals surface area contributed by atoms with E-state index in [0.29, 0.717) is 29.2 Å². The maximum Gasteiger partial charge on any atom is 0.258 e. The van der Waals surface area contributed by atoms with Crippen LogP contribution in [0, 0.1) is 0 Å². The number of hydrogen-bond acceptors (Lipinski definition) is 4. The molecule has 1 aliphatic heterocycles. The summed E-state index contributed by atoms with van der Waals surface area (Å²) in [4.78, 5) is 29.9. The molecule has 22 heavy (non-hydrogen) atoms. The molecule has 2 aromatic rings. The monoisotopic (exact) mass is 296 g/mol. The number of hydrogen-bond donors (Lipinski definition) is 0. The van der Waals surface area contributed by atoms with E-state index in [-0.39, 0.29) is 17.8 Å². The van der Waals surface area contributed by atoms with Gasteiger partial charge in [-0.1, -0.05) is 12.1 Å².